The number of nitrogens with zero attached hydrogens (tertiary/aromatic N) is 3. The van der Waals surface area contributed by atoms with Gasteiger partial charge in [0.05, 0.1) is 5.52 Å². The number of aromatic nitrogens is 4. The van der Waals surface area contributed by atoms with Crippen LogP contribution in [-0.2, 0) is 12.8 Å². The van der Waals surface area contributed by atoms with Crippen molar-refractivity contribution in [2.75, 3.05) is 0 Å². The summed E-state index contributed by atoms with van der Waals surface area (Å²) in [6, 6.07) is 15.8. The van der Waals surface area contributed by atoms with Crippen LogP contribution in [0.1, 0.15) is 5.69 Å². The van der Waals surface area contributed by atoms with Gasteiger partial charge >= 0.3 is 0 Å². The molecule has 0 radical (unpaired) electrons. The molecule has 0 fully saturated rings. The van der Waals surface area contributed by atoms with E-state index >= 15 is 0 Å². The molecule has 2 heterocycles. The van der Waals surface area contributed by atoms with Crippen LogP contribution in [-0.4, -0.2) is 19.7 Å². The molecule has 2 aromatic carbocycles. The first kappa shape index (κ1) is 16.5. The van der Waals surface area contributed by atoms with E-state index in [-0.39, 0.29) is 10.9 Å². The molecule has 0 saturated heterocycles. The van der Waals surface area contributed by atoms with E-state index in [0.29, 0.717) is 16.8 Å². The van der Waals surface area contributed by atoms with Gasteiger partial charge in [-0.15, -0.1) is 10.2 Å². The van der Waals surface area contributed by atoms with Crippen molar-refractivity contribution in [2.45, 2.75) is 10.9 Å². The maximum Gasteiger partial charge on any atom is 0.191 e. The number of para-hydroxylation sites is 1. The molecule has 0 saturated carbocycles. The van der Waals surface area contributed by atoms with Crippen LogP contribution in [0.25, 0.3) is 22.3 Å². The Labute approximate surface area is 152 Å². The third kappa shape index (κ3) is 3.01. The molecule has 0 amide bonds. The number of hydrogen-bond donors (Lipinski definition) is 1. The summed E-state index contributed by atoms with van der Waals surface area (Å²) in [6.45, 7) is 0. The van der Waals surface area contributed by atoms with Gasteiger partial charge in [0.15, 0.2) is 16.4 Å². The fraction of sp³-hybridized carbons (Fsp3) is 0.105. The summed E-state index contributed by atoms with van der Waals surface area (Å²) in [7, 11) is 1.90. The van der Waals surface area contributed by atoms with Crippen LogP contribution in [0, 0.1) is 5.82 Å². The number of rotatable bonds is 4. The fourth-order valence-electron chi connectivity index (χ4n) is 2.79. The van der Waals surface area contributed by atoms with Gasteiger partial charge < -0.3 is 9.55 Å². The number of pyridine rings is 1. The number of halogens is 1. The van der Waals surface area contributed by atoms with E-state index < -0.39 is 5.82 Å². The summed E-state index contributed by atoms with van der Waals surface area (Å²) in [5.74, 6) is 0.794. The molecule has 26 heavy (non-hydrogen) atoms. The van der Waals surface area contributed by atoms with Crippen molar-refractivity contribution < 1.29 is 4.39 Å². The van der Waals surface area contributed by atoms with Crippen LogP contribution in [0.2, 0.25) is 0 Å². The molecule has 0 aliphatic heterocycles. The lowest BCUT2D eigenvalue weighted by Gasteiger charge is -2.06. The molecule has 1 N–H and O–H groups in total. The molecule has 0 spiro atoms. The lowest BCUT2D eigenvalue weighted by atomic mass is 10.2. The van der Waals surface area contributed by atoms with Crippen LogP contribution in [0.15, 0.2) is 64.5 Å². The predicted octanol–water partition coefficient (Wildman–Crippen LogP) is 3.76. The largest absolute Gasteiger partial charge is 0.355 e. The van der Waals surface area contributed by atoms with Crippen molar-refractivity contribution in [1.29, 1.82) is 0 Å². The van der Waals surface area contributed by atoms with Crippen molar-refractivity contribution in [3.05, 3.63) is 76.3 Å². The average Bonchev–Trinajstić information content (AvgIpc) is 3.02. The number of aromatic amines is 1. The average molecular weight is 366 g/mol. The molecule has 130 valence electrons. The molecule has 4 aromatic rings. The SMILES string of the molecule is Cn1c(SCc2cc(=O)c3cccc(F)c3[nH]2)nnc1-c1ccccc1. The number of hydrogen-bond acceptors (Lipinski definition) is 4. The third-order valence-electron chi connectivity index (χ3n) is 4.09. The van der Waals surface area contributed by atoms with E-state index in [4.69, 9.17) is 0 Å². The van der Waals surface area contributed by atoms with E-state index in [1.54, 1.807) is 6.07 Å². The van der Waals surface area contributed by atoms with Gasteiger partial charge in [0.25, 0.3) is 0 Å². The van der Waals surface area contributed by atoms with Gasteiger partial charge in [0, 0.05) is 35.5 Å². The Kier molecular flexibility index (Phi) is 4.30. The van der Waals surface area contributed by atoms with Crippen LogP contribution in [0.5, 0.6) is 0 Å². The van der Waals surface area contributed by atoms with Gasteiger partial charge in [-0.05, 0) is 12.1 Å². The number of thioether (sulfide) groups is 1. The molecule has 0 unspecified atom stereocenters. The molecule has 4 rings (SSSR count). The summed E-state index contributed by atoms with van der Waals surface area (Å²) in [6.07, 6.45) is 0. The monoisotopic (exact) mass is 366 g/mol. The summed E-state index contributed by atoms with van der Waals surface area (Å²) < 4.78 is 15.9. The molecule has 7 heteroatoms. The van der Waals surface area contributed by atoms with Gasteiger partial charge in [0.1, 0.15) is 5.82 Å². The standard InChI is InChI=1S/C19H15FN4OS/c1-24-18(12-6-3-2-4-7-12)22-23-19(24)26-11-13-10-16(25)14-8-5-9-15(20)17(14)21-13/h2-10H,11H2,1H3,(H,21,25). The van der Waals surface area contributed by atoms with Gasteiger partial charge in [-0.1, -0.05) is 48.2 Å². The number of fused-ring (bicyclic) bond motifs is 1. The van der Waals surface area contributed by atoms with E-state index in [2.05, 4.69) is 15.2 Å². The smallest absolute Gasteiger partial charge is 0.191 e. The van der Waals surface area contributed by atoms with E-state index in [1.165, 1.54) is 30.0 Å². The molecule has 2 aromatic heterocycles. The molecular weight excluding hydrogens is 351 g/mol. The number of H-pyrrole nitrogens is 1. The minimum absolute atomic E-state index is 0.197. The fourth-order valence-corrected chi connectivity index (χ4v) is 3.61. The predicted molar refractivity (Wildman–Crippen MR) is 101 cm³/mol. The minimum Gasteiger partial charge on any atom is -0.355 e. The normalized spacial score (nSPS) is 11.2. The Bertz CT molecular complexity index is 1140. The number of benzene rings is 2. The van der Waals surface area contributed by atoms with Crippen molar-refractivity contribution in [2.24, 2.45) is 7.05 Å². The summed E-state index contributed by atoms with van der Waals surface area (Å²) in [5.41, 5.74) is 1.66. The van der Waals surface area contributed by atoms with Gasteiger partial charge in [-0.2, -0.15) is 0 Å². The summed E-state index contributed by atoms with van der Waals surface area (Å²) in [4.78, 5) is 15.2. The van der Waals surface area contributed by atoms with Crippen LogP contribution in [0.3, 0.4) is 0 Å². The summed E-state index contributed by atoms with van der Waals surface area (Å²) >= 11 is 1.44. The first-order valence-electron chi connectivity index (χ1n) is 8.01. The zero-order chi connectivity index (χ0) is 18.1. The maximum atomic E-state index is 14.0. The van der Waals surface area contributed by atoms with Crippen molar-refractivity contribution >= 4 is 22.7 Å². The highest BCUT2D eigenvalue weighted by molar-refractivity contribution is 7.98. The van der Waals surface area contributed by atoms with E-state index in [0.717, 1.165) is 16.5 Å². The second-order valence-electron chi connectivity index (χ2n) is 5.84. The molecular formula is C19H15FN4OS. The molecule has 0 bridgehead atoms. The molecule has 0 aliphatic carbocycles. The van der Waals surface area contributed by atoms with Crippen molar-refractivity contribution in [3.63, 3.8) is 0 Å². The highest BCUT2D eigenvalue weighted by atomic mass is 32.2. The number of nitrogens with one attached hydrogen (secondary N) is 1. The first-order chi connectivity index (χ1) is 12.6. The quantitative estimate of drug-likeness (QED) is 0.559. The van der Waals surface area contributed by atoms with Crippen LogP contribution in [0.4, 0.5) is 4.39 Å². The maximum absolute atomic E-state index is 14.0. The topological polar surface area (TPSA) is 63.6 Å². The highest BCUT2D eigenvalue weighted by Crippen LogP contribution is 2.25. The third-order valence-corrected chi connectivity index (χ3v) is 5.16. The molecule has 0 aliphatic rings. The summed E-state index contributed by atoms with van der Waals surface area (Å²) in [5, 5.41) is 9.53. The minimum atomic E-state index is -0.434. The van der Waals surface area contributed by atoms with Crippen LogP contribution < -0.4 is 5.43 Å². The lowest BCUT2D eigenvalue weighted by Crippen LogP contribution is -2.06. The van der Waals surface area contributed by atoms with Gasteiger partial charge in [-0.3, -0.25) is 4.79 Å². The Morgan fingerprint density at radius 1 is 1.12 bits per heavy atom. The van der Waals surface area contributed by atoms with Crippen molar-refractivity contribution in [1.82, 2.24) is 19.7 Å². The Morgan fingerprint density at radius 2 is 1.92 bits per heavy atom. The van der Waals surface area contributed by atoms with E-state index in [1.807, 2.05) is 41.9 Å². The Morgan fingerprint density at radius 3 is 2.73 bits per heavy atom. The van der Waals surface area contributed by atoms with E-state index in [9.17, 15) is 9.18 Å². The molecule has 0 atom stereocenters. The van der Waals surface area contributed by atoms with Gasteiger partial charge in [0.2, 0.25) is 0 Å². The second-order valence-corrected chi connectivity index (χ2v) is 6.78. The zero-order valence-corrected chi connectivity index (χ0v) is 14.8. The Hall–Kier alpha value is -2.93. The van der Waals surface area contributed by atoms with Crippen molar-refractivity contribution in [3.8, 4) is 11.4 Å². The second kappa shape index (κ2) is 6.76. The zero-order valence-electron chi connectivity index (χ0n) is 13.9. The first-order valence-corrected chi connectivity index (χ1v) is 9.00. The highest BCUT2D eigenvalue weighted by Gasteiger charge is 2.12. The van der Waals surface area contributed by atoms with Crippen LogP contribution >= 0.6 is 11.8 Å². The van der Waals surface area contributed by atoms with Gasteiger partial charge in [-0.25, -0.2) is 4.39 Å². The Balaban J connectivity index is 1.60. The molecule has 5 nitrogen and oxygen atoms in total. The lowest BCUT2D eigenvalue weighted by molar-refractivity contribution is 0.636.